The molecule has 0 radical (unpaired) electrons. The molecular formula is C11H15NO. The maximum Gasteiger partial charge on any atom is 0.109 e. The highest BCUT2D eigenvalue weighted by Crippen LogP contribution is 2.35. The summed E-state index contributed by atoms with van der Waals surface area (Å²) in [6.45, 7) is 2.03. The van der Waals surface area contributed by atoms with E-state index in [0.717, 1.165) is 18.2 Å². The summed E-state index contributed by atoms with van der Waals surface area (Å²) in [4.78, 5) is 0. The van der Waals surface area contributed by atoms with E-state index in [-0.39, 0.29) is 0 Å². The molecule has 1 fully saturated rings. The lowest BCUT2D eigenvalue weighted by Crippen LogP contribution is -2.20. The van der Waals surface area contributed by atoms with Crippen molar-refractivity contribution in [3.8, 4) is 0 Å². The molecular weight excluding hydrogens is 162 g/mol. The molecule has 0 bridgehead atoms. The molecule has 2 aliphatic carbocycles. The van der Waals surface area contributed by atoms with Crippen molar-refractivity contribution in [3.05, 3.63) is 23.2 Å². The Bertz CT molecular complexity index is 325. The van der Waals surface area contributed by atoms with Gasteiger partial charge in [0.1, 0.15) is 11.5 Å². The van der Waals surface area contributed by atoms with E-state index < -0.39 is 0 Å². The normalized spacial score (nSPS) is 26.4. The van der Waals surface area contributed by atoms with Crippen LogP contribution in [0, 0.1) is 6.92 Å². The Morgan fingerprint density at radius 3 is 3.00 bits per heavy atom. The van der Waals surface area contributed by atoms with Crippen LogP contribution in [0.2, 0.25) is 0 Å². The molecule has 1 aromatic heterocycles. The molecule has 0 saturated heterocycles. The summed E-state index contributed by atoms with van der Waals surface area (Å²) in [5.74, 6) is 2.28. The third-order valence-corrected chi connectivity index (χ3v) is 3.01. The van der Waals surface area contributed by atoms with E-state index in [1.54, 1.807) is 0 Å². The van der Waals surface area contributed by atoms with Crippen molar-refractivity contribution in [1.82, 2.24) is 5.32 Å². The molecule has 0 spiro atoms. The molecule has 2 heteroatoms. The standard InChI is InChI=1S/C11H15NO/c1-7-6-9-10(12-8-2-3-8)4-5-11(9)13-7/h6,8,10,12H,2-5H2,1H3. The molecule has 1 heterocycles. The third-order valence-electron chi connectivity index (χ3n) is 3.01. The SMILES string of the molecule is Cc1cc2c(o1)CCC2NC1CC1. The maximum absolute atomic E-state index is 5.62. The van der Waals surface area contributed by atoms with E-state index >= 15 is 0 Å². The van der Waals surface area contributed by atoms with E-state index in [9.17, 15) is 0 Å². The average molecular weight is 177 g/mol. The fraction of sp³-hybridized carbons (Fsp3) is 0.636. The molecule has 0 aliphatic heterocycles. The highest BCUT2D eigenvalue weighted by atomic mass is 16.3. The lowest BCUT2D eigenvalue weighted by atomic mass is 10.1. The van der Waals surface area contributed by atoms with E-state index in [1.807, 2.05) is 6.92 Å². The Kier molecular flexibility index (Phi) is 1.53. The van der Waals surface area contributed by atoms with Crippen molar-refractivity contribution in [3.63, 3.8) is 0 Å². The van der Waals surface area contributed by atoms with Gasteiger partial charge in [-0.25, -0.2) is 0 Å². The van der Waals surface area contributed by atoms with Gasteiger partial charge in [0.2, 0.25) is 0 Å². The van der Waals surface area contributed by atoms with Crippen LogP contribution in [0.25, 0.3) is 0 Å². The summed E-state index contributed by atoms with van der Waals surface area (Å²) in [7, 11) is 0. The van der Waals surface area contributed by atoms with Gasteiger partial charge in [-0.3, -0.25) is 0 Å². The average Bonchev–Trinajstić information content (AvgIpc) is 2.73. The van der Waals surface area contributed by atoms with Crippen LogP contribution in [-0.2, 0) is 6.42 Å². The fourth-order valence-corrected chi connectivity index (χ4v) is 2.21. The number of aryl methyl sites for hydroxylation is 2. The first-order valence-corrected chi connectivity index (χ1v) is 5.18. The highest BCUT2D eigenvalue weighted by molar-refractivity contribution is 5.29. The van der Waals surface area contributed by atoms with Crippen LogP contribution in [0.15, 0.2) is 10.5 Å². The van der Waals surface area contributed by atoms with Gasteiger partial charge in [0.05, 0.1) is 0 Å². The molecule has 1 aromatic rings. The number of fused-ring (bicyclic) bond motifs is 1. The van der Waals surface area contributed by atoms with Crippen LogP contribution in [-0.4, -0.2) is 6.04 Å². The van der Waals surface area contributed by atoms with Crippen molar-refractivity contribution < 1.29 is 4.42 Å². The minimum atomic E-state index is 0.583. The summed E-state index contributed by atoms with van der Waals surface area (Å²) in [6.07, 6.45) is 5.07. The zero-order valence-corrected chi connectivity index (χ0v) is 7.97. The van der Waals surface area contributed by atoms with Gasteiger partial charge in [0.15, 0.2) is 0 Å². The van der Waals surface area contributed by atoms with Gasteiger partial charge >= 0.3 is 0 Å². The smallest absolute Gasteiger partial charge is 0.109 e. The quantitative estimate of drug-likeness (QED) is 0.750. The molecule has 1 N–H and O–H groups in total. The molecule has 1 atom stereocenters. The summed E-state index contributed by atoms with van der Waals surface area (Å²) >= 11 is 0. The predicted octanol–water partition coefficient (Wildman–Crippen LogP) is 2.33. The minimum Gasteiger partial charge on any atom is -0.466 e. The number of hydrogen-bond acceptors (Lipinski definition) is 2. The van der Waals surface area contributed by atoms with Crippen LogP contribution in [0.1, 0.15) is 42.4 Å². The largest absolute Gasteiger partial charge is 0.466 e. The van der Waals surface area contributed by atoms with Gasteiger partial charge < -0.3 is 9.73 Å². The van der Waals surface area contributed by atoms with E-state index in [1.165, 1.54) is 30.6 Å². The molecule has 0 aromatic carbocycles. The van der Waals surface area contributed by atoms with Gasteiger partial charge in [-0.05, 0) is 32.3 Å². The van der Waals surface area contributed by atoms with Crippen LogP contribution in [0.4, 0.5) is 0 Å². The molecule has 2 aliphatic rings. The summed E-state index contributed by atoms with van der Waals surface area (Å²) in [6, 6.07) is 3.58. The maximum atomic E-state index is 5.62. The summed E-state index contributed by atoms with van der Waals surface area (Å²) in [5, 5.41) is 3.66. The first-order chi connectivity index (χ1) is 6.33. The number of furan rings is 1. The topological polar surface area (TPSA) is 25.2 Å². The van der Waals surface area contributed by atoms with Gasteiger partial charge in [-0.15, -0.1) is 0 Å². The first-order valence-electron chi connectivity index (χ1n) is 5.18. The number of rotatable bonds is 2. The van der Waals surface area contributed by atoms with Crippen molar-refractivity contribution in [1.29, 1.82) is 0 Å². The van der Waals surface area contributed by atoms with Crippen molar-refractivity contribution in [2.45, 2.75) is 44.7 Å². The number of nitrogens with one attached hydrogen (secondary N) is 1. The minimum absolute atomic E-state index is 0.583. The third kappa shape index (κ3) is 1.29. The van der Waals surface area contributed by atoms with Crippen LogP contribution < -0.4 is 5.32 Å². The number of hydrogen-bond donors (Lipinski definition) is 1. The van der Waals surface area contributed by atoms with Crippen LogP contribution in [0.5, 0.6) is 0 Å². The second-order valence-corrected chi connectivity index (χ2v) is 4.27. The monoisotopic (exact) mass is 177 g/mol. The Labute approximate surface area is 78.3 Å². The zero-order valence-electron chi connectivity index (χ0n) is 7.97. The second kappa shape index (κ2) is 2.61. The van der Waals surface area contributed by atoms with Crippen LogP contribution >= 0.6 is 0 Å². The predicted molar refractivity (Wildman–Crippen MR) is 50.7 cm³/mol. The van der Waals surface area contributed by atoms with Crippen molar-refractivity contribution in [2.24, 2.45) is 0 Å². The molecule has 13 heavy (non-hydrogen) atoms. The Morgan fingerprint density at radius 2 is 2.23 bits per heavy atom. The summed E-state index contributed by atoms with van der Waals surface area (Å²) in [5.41, 5.74) is 1.42. The summed E-state index contributed by atoms with van der Waals surface area (Å²) < 4.78 is 5.62. The van der Waals surface area contributed by atoms with Gasteiger partial charge in [0, 0.05) is 24.1 Å². The highest BCUT2D eigenvalue weighted by Gasteiger charge is 2.31. The molecule has 1 saturated carbocycles. The molecule has 70 valence electrons. The zero-order chi connectivity index (χ0) is 8.84. The lowest BCUT2D eigenvalue weighted by molar-refractivity contribution is 0.481. The van der Waals surface area contributed by atoms with Gasteiger partial charge in [-0.1, -0.05) is 0 Å². The molecule has 0 amide bonds. The van der Waals surface area contributed by atoms with Gasteiger partial charge in [-0.2, -0.15) is 0 Å². The van der Waals surface area contributed by atoms with E-state index in [0.29, 0.717) is 6.04 Å². The Balaban J connectivity index is 1.83. The second-order valence-electron chi connectivity index (χ2n) is 4.27. The molecule has 1 unspecified atom stereocenters. The Morgan fingerprint density at radius 1 is 1.38 bits per heavy atom. The van der Waals surface area contributed by atoms with Crippen molar-refractivity contribution in [2.75, 3.05) is 0 Å². The van der Waals surface area contributed by atoms with Gasteiger partial charge in [0.25, 0.3) is 0 Å². The fourth-order valence-electron chi connectivity index (χ4n) is 2.21. The Hall–Kier alpha value is -0.760. The van der Waals surface area contributed by atoms with E-state index in [2.05, 4.69) is 11.4 Å². The lowest BCUT2D eigenvalue weighted by Gasteiger charge is -2.10. The van der Waals surface area contributed by atoms with E-state index in [4.69, 9.17) is 4.42 Å². The van der Waals surface area contributed by atoms with Crippen LogP contribution in [0.3, 0.4) is 0 Å². The van der Waals surface area contributed by atoms with Crippen molar-refractivity contribution >= 4 is 0 Å². The first kappa shape index (κ1) is 7.63. The molecule has 2 nitrogen and oxygen atoms in total. The molecule has 3 rings (SSSR count).